The minimum atomic E-state index is -0.510. The Morgan fingerprint density at radius 3 is 2.76 bits per heavy atom. The van der Waals surface area contributed by atoms with Crippen LogP contribution < -0.4 is 0 Å². The zero-order chi connectivity index (χ0) is 15.6. The van der Waals surface area contributed by atoms with Crippen LogP contribution in [0.15, 0.2) is 27.6 Å². The van der Waals surface area contributed by atoms with Crippen LogP contribution in [0.1, 0.15) is 18.9 Å². The summed E-state index contributed by atoms with van der Waals surface area (Å²) in [6.45, 7) is 2.26. The molecule has 1 aliphatic rings. The number of thioether (sulfide) groups is 1. The Bertz CT molecular complexity index is 660. The summed E-state index contributed by atoms with van der Waals surface area (Å²) >= 11 is 3.95. The molecule has 2 amide bonds. The molecule has 0 radical (unpaired) electrons. The lowest BCUT2D eigenvalue weighted by atomic mass is 10.2. The lowest BCUT2D eigenvalue weighted by Crippen LogP contribution is -2.28. The number of nitro groups is 1. The Labute approximate surface area is 133 Å². The molecule has 8 heteroatoms. The Morgan fingerprint density at radius 2 is 2.14 bits per heavy atom. The van der Waals surface area contributed by atoms with Gasteiger partial charge >= 0.3 is 0 Å². The van der Waals surface area contributed by atoms with Crippen LogP contribution in [0.3, 0.4) is 0 Å². The van der Waals surface area contributed by atoms with Gasteiger partial charge in [-0.2, -0.15) is 0 Å². The Morgan fingerprint density at radius 1 is 1.43 bits per heavy atom. The van der Waals surface area contributed by atoms with Gasteiger partial charge < -0.3 is 0 Å². The average Bonchev–Trinajstić information content (AvgIpc) is 2.69. The molecular weight excluding hydrogens is 360 g/mol. The van der Waals surface area contributed by atoms with E-state index in [1.807, 2.05) is 6.92 Å². The van der Waals surface area contributed by atoms with Crippen molar-refractivity contribution < 1.29 is 14.5 Å². The summed E-state index contributed by atoms with van der Waals surface area (Å²) in [5.74, 6) is -0.350. The summed E-state index contributed by atoms with van der Waals surface area (Å²) in [5, 5.41) is 10.6. The maximum atomic E-state index is 12.1. The molecule has 1 aromatic rings. The van der Waals surface area contributed by atoms with E-state index >= 15 is 0 Å². The van der Waals surface area contributed by atoms with Crippen LogP contribution >= 0.6 is 27.7 Å². The highest BCUT2D eigenvalue weighted by Crippen LogP contribution is 2.33. The summed E-state index contributed by atoms with van der Waals surface area (Å²) in [7, 11) is 0. The monoisotopic (exact) mass is 370 g/mol. The van der Waals surface area contributed by atoms with Gasteiger partial charge in [-0.3, -0.25) is 24.6 Å². The van der Waals surface area contributed by atoms with Crippen LogP contribution in [0.2, 0.25) is 0 Å². The van der Waals surface area contributed by atoms with E-state index < -0.39 is 4.92 Å². The highest BCUT2D eigenvalue weighted by molar-refractivity contribution is 9.10. The van der Waals surface area contributed by atoms with Gasteiger partial charge in [0, 0.05) is 12.6 Å². The number of rotatable bonds is 4. The minimum absolute atomic E-state index is 0.0865. The van der Waals surface area contributed by atoms with E-state index in [9.17, 15) is 19.7 Å². The van der Waals surface area contributed by atoms with Crippen molar-refractivity contribution in [1.29, 1.82) is 0 Å². The van der Waals surface area contributed by atoms with Crippen molar-refractivity contribution in [2.75, 3.05) is 6.54 Å². The third kappa shape index (κ3) is 3.33. The highest BCUT2D eigenvalue weighted by Gasteiger charge is 2.34. The molecule has 0 saturated carbocycles. The molecule has 2 rings (SSSR count). The molecule has 0 N–H and O–H groups in total. The van der Waals surface area contributed by atoms with E-state index in [0.29, 0.717) is 23.0 Å². The standard InChI is InChI=1S/C13H11BrN2O4S/c1-2-5-15-12(17)11(21-13(15)18)7-8-3-4-9(14)10(6-8)16(19)20/h3-4,6-7H,2,5H2,1H3/b11-7-. The average molecular weight is 371 g/mol. The fourth-order valence-electron chi connectivity index (χ4n) is 1.83. The van der Waals surface area contributed by atoms with Crippen molar-refractivity contribution in [3.05, 3.63) is 43.3 Å². The molecule has 0 aliphatic carbocycles. The molecule has 0 bridgehead atoms. The van der Waals surface area contributed by atoms with E-state index in [1.54, 1.807) is 12.1 Å². The van der Waals surface area contributed by atoms with E-state index in [2.05, 4.69) is 15.9 Å². The van der Waals surface area contributed by atoms with Crippen LogP contribution in [-0.4, -0.2) is 27.5 Å². The molecular formula is C13H11BrN2O4S. The first kappa shape index (κ1) is 15.7. The predicted octanol–water partition coefficient (Wildman–Crippen LogP) is 3.80. The largest absolute Gasteiger partial charge is 0.293 e. The smallest absolute Gasteiger partial charge is 0.268 e. The number of nitrogens with zero attached hydrogens (tertiary/aromatic N) is 2. The topological polar surface area (TPSA) is 80.5 Å². The molecule has 0 spiro atoms. The summed E-state index contributed by atoms with van der Waals surface area (Å²) in [6.07, 6.45) is 2.19. The van der Waals surface area contributed by atoms with Crippen LogP contribution in [0.4, 0.5) is 10.5 Å². The quantitative estimate of drug-likeness (QED) is 0.457. The number of amides is 2. The molecule has 0 unspecified atom stereocenters. The van der Waals surface area contributed by atoms with Gasteiger partial charge in [-0.1, -0.05) is 13.0 Å². The molecule has 0 aromatic heterocycles. The first-order chi connectivity index (χ1) is 9.93. The van der Waals surface area contributed by atoms with Gasteiger partial charge in [0.05, 0.1) is 14.3 Å². The van der Waals surface area contributed by atoms with Crippen LogP contribution in [0, 0.1) is 10.1 Å². The fraction of sp³-hybridized carbons (Fsp3) is 0.231. The van der Waals surface area contributed by atoms with Crippen molar-refractivity contribution in [3.63, 3.8) is 0 Å². The second-order valence-corrected chi connectivity index (χ2v) is 6.15. The zero-order valence-electron chi connectivity index (χ0n) is 11.0. The molecule has 1 heterocycles. The Kier molecular flexibility index (Phi) is 4.79. The number of nitro benzene ring substituents is 1. The van der Waals surface area contributed by atoms with Gasteiger partial charge in [0.1, 0.15) is 0 Å². The predicted molar refractivity (Wildman–Crippen MR) is 83.8 cm³/mol. The SMILES string of the molecule is CCCN1C(=O)S/C(=C\c2ccc(Br)c([N+](=O)[O-])c2)C1=O. The Hall–Kier alpha value is -1.67. The normalized spacial score (nSPS) is 16.9. The van der Waals surface area contributed by atoms with Crippen LogP contribution in [-0.2, 0) is 4.79 Å². The first-order valence-electron chi connectivity index (χ1n) is 6.13. The van der Waals surface area contributed by atoms with Crippen molar-refractivity contribution in [3.8, 4) is 0 Å². The summed E-state index contributed by atoms with van der Waals surface area (Å²) < 4.78 is 0.365. The number of benzene rings is 1. The van der Waals surface area contributed by atoms with Gasteiger partial charge in [-0.05, 0) is 51.8 Å². The summed E-state index contributed by atoms with van der Waals surface area (Å²) in [5.41, 5.74) is 0.420. The van der Waals surface area contributed by atoms with E-state index in [4.69, 9.17) is 0 Å². The molecule has 110 valence electrons. The third-order valence-electron chi connectivity index (χ3n) is 2.79. The van der Waals surface area contributed by atoms with Crippen molar-refractivity contribution in [2.24, 2.45) is 0 Å². The second kappa shape index (κ2) is 6.40. The summed E-state index contributed by atoms with van der Waals surface area (Å²) in [4.78, 5) is 35.6. The van der Waals surface area contributed by atoms with Crippen molar-refractivity contribution >= 4 is 50.6 Å². The number of carbonyl (C=O) groups is 2. The first-order valence-corrected chi connectivity index (χ1v) is 7.74. The molecule has 0 atom stereocenters. The van der Waals surface area contributed by atoms with E-state index in [1.165, 1.54) is 17.0 Å². The van der Waals surface area contributed by atoms with Gasteiger partial charge in [0.2, 0.25) is 0 Å². The third-order valence-corrected chi connectivity index (χ3v) is 4.36. The number of imide groups is 1. The second-order valence-electron chi connectivity index (χ2n) is 4.30. The van der Waals surface area contributed by atoms with Crippen LogP contribution in [0.25, 0.3) is 6.08 Å². The molecule has 1 fully saturated rings. The van der Waals surface area contributed by atoms with Crippen molar-refractivity contribution in [1.82, 2.24) is 4.90 Å². The zero-order valence-corrected chi connectivity index (χ0v) is 13.4. The van der Waals surface area contributed by atoms with E-state index in [-0.39, 0.29) is 21.7 Å². The fourth-order valence-corrected chi connectivity index (χ4v) is 3.08. The lowest BCUT2D eigenvalue weighted by Gasteiger charge is -2.09. The molecule has 21 heavy (non-hydrogen) atoms. The molecule has 1 aromatic carbocycles. The molecule has 6 nitrogen and oxygen atoms in total. The number of hydrogen-bond acceptors (Lipinski definition) is 5. The summed E-state index contributed by atoms with van der Waals surface area (Å²) in [6, 6.07) is 4.54. The maximum Gasteiger partial charge on any atom is 0.293 e. The van der Waals surface area contributed by atoms with Gasteiger partial charge in [-0.25, -0.2) is 0 Å². The number of hydrogen-bond donors (Lipinski definition) is 0. The van der Waals surface area contributed by atoms with Gasteiger partial charge in [-0.15, -0.1) is 0 Å². The minimum Gasteiger partial charge on any atom is -0.268 e. The molecule has 1 saturated heterocycles. The highest BCUT2D eigenvalue weighted by atomic mass is 79.9. The number of carbonyl (C=O) groups excluding carboxylic acids is 2. The molecule has 1 aliphatic heterocycles. The van der Waals surface area contributed by atoms with E-state index in [0.717, 1.165) is 11.8 Å². The lowest BCUT2D eigenvalue weighted by molar-refractivity contribution is -0.385. The number of halogens is 1. The maximum absolute atomic E-state index is 12.1. The Balaban J connectivity index is 2.33. The van der Waals surface area contributed by atoms with Gasteiger partial charge in [0.25, 0.3) is 16.8 Å². The van der Waals surface area contributed by atoms with Crippen molar-refractivity contribution in [2.45, 2.75) is 13.3 Å². The van der Waals surface area contributed by atoms with Gasteiger partial charge in [0.15, 0.2) is 0 Å². The van der Waals surface area contributed by atoms with Crippen LogP contribution in [0.5, 0.6) is 0 Å².